The fourth-order valence-electron chi connectivity index (χ4n) is 4.44. The Balaban J connectivity index is 1.51. The zero-order valence-corrected chi connectivity index (χ0v) is 17.0. The number of benzene rings is 1. The molecule has 1 spiro atoms. The quantitative estimate of drug-likeness (QED) is 0.785. The van der Waals surface area contributed by atoms with Crippen molar-refractivity contribution in [3.05, 3.63) is 41.7 Å². The fraction of sp³-hybridized carbons (Fsp3) is 0.550. The van der Waals surface area contributed by atoms with E-state index in [0.29, 0.717) is 25.1 Å². The van der Waals surface area contributed by atoms with Crippen molar-refractivity contribution in [2.24, 2.45) is 0 Å². The molecule has 1 aliphatic heterocycles. The van der Waals surface area contributed by atoms with E-state index in [1.165, 1.54) is 0 Å². The van der Waals surface area contributed by atoms with Gasteiger partial charge in [0.1, 0.15) is 0 Å². The Bertz CT molecular complexity index is 963. The molecule has 0 radical (unpaired) electrons. The minimum Gasteiger partial charge on any atom is -0.340 e. The second kappa shape index (κ2) is 7.31. The Kier molecular flexibility index (Phi) is 4.99. The van der Waals surface area contributed by atoms with Crippen LogP contribution >= 0.6 is 0 Å². The van der Waals surface area contributed by atoms with Gasteiger partial charge in [-0.2, -0.15) is 0 Å². The van der Waals surface area contributed by atoms with Gasteiger partial charge in [0.05, 0.1) is 34.0 Å². The van der Waals surface area contributed by atoms with E-state index in [0.717, 1.165) is 30.6 Å². The van der Waals surface area contributed by atoms with Gasteiger partial charge in [-0.05, 0) is 31.9 Å². The Hall–Kier alpha value is -2.22. The van der Waals surface area contributed by atoms with Gasteiger partial charge in [-0.15, -0.1) is 5.10 Å². The molecule has 0 bridgehead atoms. The van der Waals surface area contributed by atoms with Gasteiger partial charge in [-0.25, -0.2) is 13.1 Å². The number of para-hydroxylation sites is 1. The van der Waals surface area contributed by atoms with E-state index in [1.807, 2.05) is 37.3 Å². The van der Waals surface area contributed by atoms with Crippen molar-refractivity contribution in [2.75, 3.05) is 18.8 Å². The van der Waals surface area contributed by atoms with Crippen LogP contribution in [0.2, 0.25) is 0 Å². The first-order valence-electron chi connectivity index (χ1n) is 9.89. The van der Waals surface area contributed by atoms with Gasteiger partial charge in [0, 0.05) is 13.1 Å². The van der Waals surface area contributed by atoms with Gasteiger partial charge >= 0.3 is 0 Å². The number of rotatable bonds is 3. The lowest BCUT2D eigenvalue weighted by atomic mass is 9.87. The van der Waals surface area contributed by atoms with E-state index in [1.54, 1.807) is 9.58 Å². The number of sulfone groups is 1. The predicted molar refractivity (Wildman–Crippen MR) is 106 cm³/mol. The molecule has 8 heteroatoms. The molecule has 0 atom stereocenters. The molecule has 1 saturated carbocycles. The summed E-state index contributed by atoms with van der Waals surface area (Å²) in [6.07, 6.45) is 4.41. The highest BCUT2D eigenvalue weighted by molar-refractivity contribution is 7.92. The number of aromatic nitrogens is 3. The van der Waals surface area contributed by atoms with E-state index in [-0.39, 0.29) is 24.6 Å². The molecule has 7 nitrogen and oxygen atoms in total. The molecule has 2 heterocycles. The molecule has 2 aromatic rings. The van der Waals surface area contributed by atoms with Crippen molar-refractivity contribution in [2.45, 2.75) is 50.2 Å². The fourth-order valence-corrected chi connectivity index (χ4v) is 6.60. The number of nitrogens with zero attached hydrogens (tertiary/aromatic N) is 4. The standard InChI is InChI=1S/C20H26N4O3S/c1-16-18(21-22-24(16)17-8-4-2-5-9-17)14-19(25)23-12-13-28(26,27)20(15-23)10-6-3-7-11-20/h2,4-5,8-9H,3,6-7,10-15H2,1H3. The number of carbonyl (C=O) groups excluding carboxylic acids is 1. The van der Waals surface area contributed by atoms with Crippen molar-refractivity contribution in [3.8, 4) is 5.69 Å². The lowest BCUT2D eigenvalue weighted by Crippen LogP contribution is -2.58. The summed E-state index contributed by atoms with van der Waals surface area (Å²) in [4.78, 5) is 14.7. The minimum absolute atomic E-state index is 0.0639. The monoisotopic (exact) mass is 402 g/mol. The van der Waals surface area contributed by atoms with Gasteiger partial charge in [-0.3, -0.25) is 4.79 Å². The Morgan fingerprint density at radius 2 is 1.86 bits per heavy atom. The lowest BCUT2D eigenvalue weighted by Gasteiger charge is -2.44. The van der Waals surface area contributed by atoms with Crippen molar-refractivity contribution in [1.82, 2.24) is 19.9 Å². The van der Waals surface area contributed by atoms with E-state index >= 15 is 0 Å². The first-order valence-corrected chi connectivity index (χ1v) is 11.5. The molecule has 4 rings (SSSR count). The molecule has 0 N–H and O–H groups in total. The topological polar surface area (TPSA) is 85.2 Å². The Morgan fingerprint density at radius 1 is 1.14 bits per heavy atom. The molecule has 150 valence electrons. The molecule has 1 aliphatic carbocycles. The second-order valence-corrected chi connectivity index (χ2v) is 10.4. The molecule has 1 saturated heterocycles. The van der Waals surface area contributed by atoms with Gasteiger partial charge in [0.15, 0.2) is 9.84 Å². The number of hydrogen-bond donors (Lipinski definition) is 0. The summed E-state index contributed by atoms with van der Waals surface area (Å²) in [6, 6.07) is 9.68. The van der Waals surface area contributed by atoms with Crippen LogP contribution in [-0.2, 0) is 21.1 Å². The highest BCUT2D eigenvalue weighted by atomic mass is 32.2. The van der Waals surface area contributed by atoms with Crippen LogP contribution in [0.3, 0.4) is 0 Å². The van der Waals surface area contributed by atoms with Crippen LogP contribution < -0.4 is 0 Å². The molecular weight excluding hydrogens is 376 g/mol. The van der Waals surface area contributed by atoms with E-state index in [2.05, 4.69) is 10.3 Å². The molecule has 2 fully saturated rings. The van der Waals surface area contributed by atoms with Crippen molar-refractivity contribution >= 4 is 15.7 Å². The SMILES string of the molecule is Cc1c(CC(=O)N2CCS(=O)(=O)C3(CCCCC3)C2)nnn1-c1ccccc1. The zero-order chi connectivity index (χ0) is 19.8. The highest BCUT2D eigenvalue weighted by Crippen LogP contribution is 2.38. The third kappa shape index (κ3) is 3.34. The Labute approximate surface area is 165 Å². The first kappa shape index (κ1) is 19.1. The van der Waals surface area contributed by atoms with Crippen LogP contribution in [0.15, 0.2) is 30.3 Å². The highest BCUT2D eigenvalue weighted by Gasteiger charge is 2.49. The summed E-state index contributed by atoms with van der Waals surface area (Å²) in [5.74, 6) is -0.00269. The lowest BCUT2D eigenvalue weighted by molar-refractivity contribution is -0.131. The van der Waals surface area contributed by atoms with Crippen LogP contribution in [0.25, 0.3) is 5.69 Å². The van der Waals surface area contributed by atoms with E-state index in [9.17, 15) is 13.2 Å². The van der Waals surface area contributed by atoms with Crippen molar-refractivity contribution in [3.63, 3.8) is 0 Å². The van der Waals surface area contributed by atoms with Gasteiger partial charge < -0.3 is 4.90 Å². The summed E-state index contributed by atoms with van der Waals surface area (Å²) >= 11 is 0. The van der Waals surface area contributed by atoms with Crippen LogP contribution in [0.5, 0.6) is 0 Å². The Morgan fingerprint density at radius 3 is 2.57 bits per heavy atom. The second-order valence-electron chi connectivity index (χ2n) is 7.92. The third-order valence-electron chi connectivity index (χ3n) is 6.20. The summed E-state index contributed by atoms with van der Waals surface area (Å²) in [7, 11) is -3.15. The molecule has 1 amide bonds. The van der Waals surface area contributed by atoms with Crippen molar-refractivity contribution < 1.29 is 13.2 Å². The molecule has 28 heavy (non-hydrogen) atoms. The normalized spacial score (nSPS) is 21.0. The number of carbonyl (C=O) groups is 1. The molecular formula is C20H26N4O3S. The van der Waals surface area contributed by atoms with Crippen LogP contribution in [0.1, 0.15) is 43.5 Å². The summed E-state index contributed by atoms with van der Waals surface area (Å²) < 4.78 is 26.5. The third-order valence-corrected chi connectivity index (χ3v) is 8.77. The van der Waals surface area contributed by atoms with Crippen LogP contribution in [0, 0.1) is 6.92 Å². The van der Waals surface area contributed by atoms with E-state index in [4.69, 9.17) is 0 Å². The van der Waals surface area contributed by atoms with Crippen molar-refractivity contribution in [1.29, 1.82) is 0 Å². The predicted octanol–water partition coefficient (Wildman–Crippen LogP) is 2.08. The minimum atomic E-state index is -3.15. The van der Waals surface area contributed by atoms with E-state index < -0.39 is 14.6 Å². The average molecular weight is 403 g/mol. The maximum atomic E-state index is 13.0. The largest absolute Gasteiger partial charge is 0.340 e. The number of hydrogen-bond acceptors (Lipinski definition) is 5. The molecule has 0 unspecified atom stereocenters. The molecule has 1 aromatic heterocycles. The summed E-state index contributed by atoms with van der Waals surface area (Å²) in [6.45, 7) is 2.49. The van der Waals surface area contributed by atoms with Crippen LogP contribution in [0.4, 0.5) is 0 Å². The zero-order valence-electron chi connectivity index (χ0n) is 16.2. The first-order chi connectivity index (χ1) is 13.4. The van der Waals surface area contributed by atoms with Crippen LogP contribution in [-0.4, -0.2) is 57.8 Å². The maximum Gasteiger partial charge on any atom is 0.228 e. The van der Waals surface area contributed by atoms with Gasteiger partial charge in [-0.1, -0.05) is 42.7 Å². The molecule has 2 aliphatic rings. The molecule has 1 aromatic carbocycles. The average Bonchev–Trinajstić information content (AvgIpc) is 3.06. The van der Waals surface area contributed by atoms with Gasteiger partial charge in [0.25, 0.3) is 0 Å². The van der Waals surface area contributed by atoms with Gasteiger partial charge in [0.2, 0.25) is 5.91 Å². The maximum absolute atomic E-state index is 13.0. The summed E-state index contributed by atoms with van der Waals surface area (Å²) in [5.41, 5.74) is 2.37. The smallest absolute Gasteiger partial charge is 0.228 e. The summed E-state index contributed by atoms with van der Waals surface area (Å²) in [5, 5.41) is 8.40. The number of amides is 1.